The molecular formula is C6H6INO2. The molecule has 0 N–H and O–H groups in total. The fraction of sp³-hybridized carbons (Fsp3) is 0.333. The van der Waals surface area contributed by atoms with Crippen molar-refractivity contribution in [3.05, 3.63) is 12.2 Å². The maximum Gasteiger partial charge on any atom is 0.301 e. The fourth-order valence-electron chi connectivity index (χ4n) is 0.768. The fourth-order valence-corrected chi connectivity index (χ4v) is 1.11. The van der Waals surface area contributed by atoms with Gasteiger partial charge in [-0.25, -0.2) is 0 Å². The Balaban J connectivity index is 2.50. The highest BCUT2D eigenvalue weighted by molar-refractivity contribution is 14.1. The molecule has 0 bridgehead atoms. The van der Waals surface area contributed by atoms with E-state index in [9.17, 15) is 9.59 Å². The molecule has 0 spiro atoms. The van der Waals surface area contributed by atoms with E-state index in [2.05, 4.69) is 0 Å². The average Bonchev–Trinajstić information content (AvgIpc) is 2.36. The molecule has 0 aromatic carbocycles. The summed E-state index contributed by atoms with van der Waals surface area (Å²) >= 11 is 1.50. The molecule has 0 aromatic rings. The second kappa shape index (κ2) is 3.14. The minimum atomic E-state index is -0.415. The molecule has 54 valence electrons. The first-order valence-corrected chi connectivity index (χ1v) is 3.93. The van der Waals surface area contributed by atoms with Crippen molar-refractivity contribution in [1.29, 1.82) is 0 Å². The molecule has 1 amide bonds. The highest BCUT2D eigenvalue weighted by Gasteiger charge is 2.18. The first-order valence-electron chi connectivity index (χ1n) is 2.85. The molecule has 0 radical (unpaired) electrons. The van der Waals surface area contributed by atoms with Crippen molar-refractivity contribution < 1.29 is 9.59 Å². The van der Waals surface area contributed by atoms with Gasteiger partial charge in [0.15, 0.2) is 0 Å². The van der Waals surface area contributed by atoms with Crippen molar-refractivity contribution in [2.24, 2.45) is 0 Å². The van der Waals surface area contributed by atoms with E-state index in [1.807, 2.05) is 12.2 Å². The predicted molar refractivity (Wildman–Crippen MR) is 44.7 cm³/mol. The summed E-state index contributed by atoms with van der Waals surface area (Å²) in [5.74, 6) is -0.398. The third-order valence-electron chi connectivity index (χ3n) is 1.27. The Morgan fingerprint density at radius 3 is 2.20 bits per heavy atom. The SMILES string of the molecule is O=C(I)C(=O)N1CC=CC1. The van der Waals surface area contributed by atoms with Crippen molar-refractivity contribution >= 4 is 32.3 Å². The lowest BCUT2D eigenvalue weighted by Crippen LogP contribution is -2.31. The summed E-state index contributed by atoms with van der Waals surface area (Å²) in [5, 5.41) is 0. The largest absolute Gasteiger partial charge is 0.328 e. The van der Waals surface area contributed by atoms with Crippen LogP contribution in [0.15, 0.2) is 12.2 Å². The molecular weight excluding hydrogens is 245 g/mol. The zero-order valence-corrected chi connectivity index (χ0v) is 7.37. The highest BCUT2D eigenvalue weighted by atomic mass is 127. The quantitative estimate of drug-likeness (QED) is 0.292. The summed E-state index contributed by atoms with van der Waals surface area (Å²) in [6, 6.07) is 0. The van der Waals surface area contributed by atoms with E-state index in [4.69, 9.17) is 0 Å². The smallest absolute Gasteiger partial charge is 0.301 e. The lowest BCUT2D eigenvalue weighted by atomic mass is 10.5. The van der Waals surface area contributed by atoms with E-state index < -0.39 is 9.70 Å². The molecule has 0 saturated heterocycles. The van der Waals surface area contributed by atoms with Crippen molar-refractivity contribution in [3.63, 3.8) is 0 Å². The number of amides is 1. The topological polar surface area (TPSA) is 37.4 Å². The van der Waals surface area contributed by atoms with Crippen molar-refractivity contribution in [3.8, 4) is 0 Å². The van der Waals surface area contributed by atoms with Crippen molar-refractivity contribution in [2.45, 2.75) is 0 Å². The van der Waals surface area contributed by atoms with Gasteiger partial charge in [0.2, 0.25) is 0 Å². The van der Waals surface area contributed by atoms with Crippen molar-refractivity contribution in [2.75, 3.05) is 13.1 Å². The summed E-state index contributed by atoms with van der Waals surface area (Å²) in [6.45, 7) is 1.15. The van der Waals surface area contributed by atoms with Crippen LogP contribution < -0.4 is 0 Å². The summed E-state index contributed by atoms with van der Waals surface area (Å²) in [5.41, 5.74) is 0. The Labute approximate surface area is 72.2 Å². The number of hydrogen-bond donors (Lipinski definition) is 0. The molecule has 1 heterocycles. The van der Waals surface area contributed by atoms with E-state index in [1.54, 1.807) is 0 Å². The van der Waals surface area contributed by atoms with Gasteiger partial charge in [0.25, 0.3) is 3.79 Å². The van der Waals surface area contributed by atoms with Crippen LogP contribution in [0.25, 0.3) is 0 Å². The van der Waals surface area contributed by atoms with Crippen LogP contribution in [0.3, 0.4) is 0 Å². The predicted octanol–water partition coefficient (Wildman–Crippen LogP) is 0.346. The first-order chi connectivity index (χ1) is 4.72. The van der Waals surface area contributed by atoms with Crippen LogP contribution in [0, 0.1) is 0 Å². The minimum absolute atomic E-state index is 0.398. The molecule has 0 saturated carbocycles. The molecule has 0 aliphatic carbocycles. The van der Waals surface area contributed by atoms with Gasteiger partial charge in [-0.05, 0) is 0 Å². The van der Waals surface area contributed by atoms with Gasteiger partial charge in [0.1, 0.15) is 0 Å². The van der Waals surface area contributed by atoms with Crippen LogP contribution in [0.5, 0.6) is 0 Å². The molecule has 0 unspecified atom stereocenters. The van der Waals surface area contributed by atoms with Crippen LogP contribution in [-0.2, 0) is 9.59 Å². The summed E-state index contributed by atoms with van der Waals surface area (Å²) < 4.78 is -0.415. The third-order valence-corrected chi connectivity index (χ3v) is 1.74. The molecule has 1 aliphatic rings. The third kappa shape index (κ3) is 1.56. The minimum Gasteiger partial charge on any atom is -0.328 e. The lowest BCUT2D eigenvalue weighted by Gasteiger charge is -2.11. The van der Waals surface area contributed by atoms with Gasteiger partial charge >= 0.3 is 5.91 Å². The molecule has 0 atom stereocenters. The monoisotopic (exact) mass is 251 g/mol. The van der Waals surface area contributed by atoms with Crippen LogP contribution in [0.1, 0.15) is 0 Å². The Hall–Kier alpha value is -0.390. The Morgan fingerprint density at radius 2 is 1.80 bits per heavy atom. The number of rotatable bonds is 1. The van der Waals surface area contributed by atoms with Gasteiger partial charge in [-0.15, -0.1) is 0 Å². The van der Waals surface area contributed by atoms with E-state index in [1.165, 1.54) is 27.5 Å². The number of carbonyl (C=O) groups excluding carboxylic acids is 2. The first kappa shape index (κ1) is 7.71. The number of hydrogen-bond acceptors (Lipinski definition) is 2. The van der Waals surface area contributed by atoms with Gasteiger partial charge in [-0.1, -0.05) is 12.2 Å². The van der Waals surface area contributed by atoms with E-state index in [0.29, 0.717) is 13.1 Å². The molecule has 3 nitrogen and oxygen atoms in total. The molecule has 4 heteroatoms. The van der Waals surface area contributed by atoms with Crippen LogP contribution in [0.2, 0.25) is 0 Å². The molecule has 0 aromatic heterocycles. The second-order valence-electron chi connectivity index (χ2n) is 1.96. The maximum absolute atomic E-state index is 10.9. The Morgan fingerprint density at radius 1 is 1.30 bits per heavy atom. The summed E-state index contributed by atoms with van der Waals surface area (Å²) in [4.78, 5) is 22.9. The Bertz CT molecular complexity index is 192. The van der Waals surface area contributed by atoms with E-state index >= 15 is 0 Å². The van der Waals surface area contributed by atoms with Gasteiger partial charge in [-0.2, -0.15) is 0 Å². The van der Waals surface area contributed by atoms with Gasteiger partial charge in [0.05, 0.1) is 0 Å². The van der Waals surface area contributed by atoms with Gasteiger partial charge < -0.3 is 4.90 Å². The van der Waals surface area contributed by atoms with Crippen molar-refractivity contribution in [1.82, 2.24) is 4.90 Å². The number of nitrogens with zero attached hydrogens (tertiary/aromatic N) is 1. The standard InChI is InChI=1S/C6H6INO2/c7-5(9)6(10)8-3-1-2-4-8/h1-2H,3-4H2. The van der Waals surface area contributed by atoms with Crippen LogP contribution in [0.4, 0.5) is 0 Å². The summed E-state index contributed by atoms with van der Waals surface area (Å²) in [6.07, 6.45) is 3.74. The summed E-state index contributed by atoms with van der Waals surface area (Å²) in [7, 11) is 0. The zero-order chi connectivity index (χ0) is 7.56. The average molecular weight is 251 g/mol. The van der Waals surface area contributed by atoms with Crippen LogP contribution in [-0.4, -0.2) is 27.7 Å². The normalized spacial score (nSPS) is 15.9. The second-order valence-corrected chi connectivity index (χ2v) is 2.94. The zero-order valence-electron chi connectivity index (χ0n) is 5.21. The number of carbonyl (C=O) groups is 2. The van der Waals surface area contributed by atoms with E-state index in [-0.39, 0.29) is 0 Å². The van der Waals surface area contributed by atoms with E-state index in [0.717, 1.165) is 0 Å². The molecule has 1 aliphatic heterocycles. The van der Waals surface area contributed by atoms with Crippen LogP contribution >= 0.6 is 22.6 Å². The molecule has 1 rings (SSSR count). The molecule has 0 fully saturated rings. The van der Waals surface area contributed by atoms with Gasteiger partial charge in [0, 0.05) is 35.7 Å². The molecule has 10 heavy (non-hydrogen) atoms. The lowest BCUT2D eigenvalue weighted by molar-refractivity contribution is -0.138. The Kier molecular flexibility index (Phi) is 2.42. The number of halogens is 1. The maximum atomic E-state index is 10.9. The highest BCUT2D eigenvalue weighted by Crippen LogP contribution is 2.01. The van der Waals surface area contributed by atoms with Gasteiger partial charge in [-0.3, -0.25) is 9.59 Å².